The Bertz CT molecular complexity index is 656. The molecular formula is C14H17N3O3. The molecule has 1 N–H and O–H groups in total. The van der Waals surface area contributed by atoms with Crippen molar-refractivity contribution in [3.63, 3.8) is 0 Å². The Morgan fingerprint density at radius 2 is 2.05 bits per heavy atom. The molecule has 106 valence electrons. The second-order valence-electron chi connectivity index (χ2n) is 4.08. The second kappa shape index (κ2) is 6.10. The van der Waals surface area contributed by atoms with Crippen LogP contribution in [0.5, 0.6) is 5.88 Å². The van der Waals surface area contributed by atoms with Crippen molar-refractivity contribution in [1.82, 2.24) is 9.78 Å². The molecule has 0 amide bonds. The van der Waals surface area contributed by atoms with Crippen LogP contribution in [0.4, 0.5) is 0 Å². The highest BCUT2D eigenvalue weighted by molar-refractivity contribution is 6.00. The lowest BCUT2D eigenvalue weighted by molar-refractivity contribution is 0.213. The zero-order valence-electron chi connectivity index (χ0n) is 11.7. The molecule has 0 atom stereocenters. The average molecular weight is 275 g/mol. The number of aromatic amines is 1. The van der Waals surface area contributed by atoms with E-state index in [0.717, 1.165) is 5.69 Å². The number of hydrogen-bond donors (Lipinski definition) is 1. The van der Waals surface area contributed by atoms with Crippen LogP contribution in [0.25, 0.3) is 5.69 Å². The highest BCUT2D eigenvalue weighted by Crippen LogP contribution is 2.15. The minimum absolute atomic E-state index is 0.224. The van der Waals surface area contributed by atoms with Gasteiger partial charge < -0.3 is 9.57 Å². The molecule has 0 fully saturated rings. The highest BCUT2D eigenvalue weighted by atomic mass is 16.6. The first kappa shape index (κ1) is 13.9. The molecule has 0 aliphatic rings. The average Bonchev–Trinajstić information content (AvgIpc) is 2.77. The Morgan fingerprint density at radius 3 is 2.65 bits per heavy atom. The number of hydrogen-bond acceptors (Lipinski definition) is 4. The molecule has 20 heavy (non-hydrogen) atoms. The lowest BCUT2D eigenvalue weighted by Gasteiger charge is -2.02. The van der Waals surface area contributed by atoms with Crippen molar-refractivity contribution in [2.75, 3.05) is 13.7 Å². The van der Waals surface area contributed by atoms with E-state index in [2.05, 4.69) is 10.3 Å². The fourth-order valence-corrected chi connectivity index (χ4v) is 1.93. The van der Waals surface area contributed by atoms with Gasteiger partial charge in [-0.2, -0.15) is 0 Å². The zero-order chi connectivity index (χ0) is 14.5. The van der Waals surface area contributed by atoms with E-state index in [1.165, 1.54) is 11.8 Å². The van der Waals surface area contributed by atoms with E-state index in [1.807, 2.05) is 37.3 Å². The number of ether oxygens (including phenoxy) is 1. The summed E-state index contributed by atoms with van der Waals surface area (Å²) in [5.41, 5.74) is 1.34. The van der Waals surface area contributed by atoms with Crippen molar-refractivity contribution in [2.45, 2.75) is 13.8 Å². The van der Waals surface area contributed by atoms with Gasteiger partial charge in [0.1, 0.15) is 12.7 Å². The summed E-state index contributed by atoms with van der Waals surface area (Å²) < 4.78 is 6.90. The summed E-state index contributed by atoms with van der Waals surface area (Å²) in [5, 5.41) is 6.76. The Balaban J connectivity index is 2.60. The topological polar surface area (TPSA) is 68.6 Å². The molecule has 0 aliphatic carbocycles. The normalized spacial score (nSPS) is 11.4. The molecule has 6 nitrogen and oxygen atoms in total. The molecule has 0 saturated carbocycles. The Morgan fingerprint density at radius 1 is 1.35 bits per heavy atom. The van der Waals surface area contributed by atoms with Gasteiger partial charge in [-0.1, -0.05) is 23.4 Å². The fourth-order valence-electron chi connectivity index (χ4n) is 1.93. The SMILES string of the molecule is CCOc1[nH]n(-c2ccccc2)c(=O)c1C(C)=NOC. The van der Waals surface area contributed by atoms with Crippen molar-refractivity contribution >= 4 is 5.71 Å². The molecule has 0 unspecified atom stereocenters. The number of para-hydroxylation sites is 1. The van der Waals surface area contributed by atoms with Crippen LogP contribution in [0.15, 0.2) is 40.3 Å². The van der Waals surface area contributed by atoms with E-state index in [0.29, 0.717) is 23.8 Å². The van der Waals surface area contributed by atoms with Gasteiger partial charge in [0.2, 0.25) is 5.88 Å². The number of nitrogens with one attached hydrogen (secondary N) is 1. The molecule has 0 bridgehead atoms. The predicted octanol–water partition coefficient (Wildman–Crippen LogP) is 1.93. The Kier molecular flexibility index (Phi) is 4.24. The van der Waals surface area contributed by atoms with Crippen LogP contribution in [-0.2, 0) is 4.84 Å². The van der Waals surface area contributed by atoms with Crippen LogP contribution in [-0.4, -0.2) is 29.2 Å². The van der Waals surface area contributed by atoms with Crippen molar-refractivity contribution in [3.8, 4) is 11.6 Å². The number of nitrogens with zero attached hydrogens (tertiary/aromatic N) is 2. The van der Waals surface area contributed by atoms with Crippen LogP contribution in [0.1, 0.15) is 19.4 Å². The number of aromatic nitrogens is 2. The summed E-state index contributed by atoms with van der Waals surface area (Å²) >= 11 is 0. The van der Waals surface area contributed by atoms with Crippen molar-refractivity contribution in [1.29, 1.82) is 0 Å². The third-order valence-corrected chi connectivity index (χ3v) is 2.75. The smallest absolute Gasteiger partial charge is 0.284 e. The first-order valence-corrected chi connectivity index (χ1v) is 6.30. The van der Waals surface area contributed by atoms with E-state index >= 15 is 0 Å². The van der Waals surface area contributed by atoms with Crippen LogP contribution in [0.3, 0.4) is 0 Å². The largest absolute Gasteiger partial charge is 0.478 e. The molecule has 0 saturated heterocycles. The summed E-state index contributed by atoms with van der Waals surface area (Å²) in [7, 11) is 1.44. The molecule has 1 heterocycles. The quantitative estimate of drug-likeness (QED) is 0.669. The molecule has 0 radical (unpaired) electrons. The molecule has 0 aliphatic heterocycles. The van der Waals surface area contributed by atoms with Crippen LogP contribution >= 0.6 is 0 Å². The van der Waals surface area contributed by atoms with Gasteiger partial charge in [0.15, 0.2) is 0 Å². The highest BCUT2D eigenvalue weighted by Gasteiger charge is 2.19. The predicted molar refractivity (Wildman–Crippen MR) is 76.8 cm³/mol. The molecule has 1 aromatic heterocycles. The molecular weight excluding hydrogens is 258 g/mol. The van der Waals surface area contributed by atoms with E-state index in [1.54, 1.807) is 6.92 Å². The van der Waals surface area contributed by atoms with E-state index in [9.17, 15) is 4.79 Å². The summed E-state index contributed by atoms with van der Waals surface area (Å²) in [6.45, 7) is 4.00. The van der Waals surface area contributed by atoms with Crippen LogP contribution in [0, 0.1) is 0 Å². The maximum atomic E-state index is 12.5. The van der Waals surface area contributed by atoms with Gasteiger partial charge >= 0.3 is 0 Å². The summed E-state index contributed by atoms with van der Waals surface area (Å²) in [6, 6.07) is 9.28. The number of rotatable bonds is 5. The summed E-state index contributed by atoms with van der Waals surface area (Å²) in [5.74, 6) is 0.389. The van der Waals surface area contributed by atoms with Crippen LogP contribution < -0.4 is 10.3 Å². The van der Waals surface area contributed by atoms with E-state index in [-0.39, 0.29) is 5.56 Å². The summed E-state index contributed by atoms with van der Waals surface area (Å²) in [6.07, 6.45) is 0. The van der Waals surface area contributed by atoms with Gasteiger partial charge in [-0.15, -0.1) is 0 Å². The second-order valence-corrected chi connectivity index (χ2v) is 4.08. The molecule has 0 spiro atoms. The standard InChI is InChI=1S/C14H17N3O3/c1-4-20-13-12(10(2)16-19-3)14(18)17(15-13)11-8-6-5-7-9-11/h5-9,15H,4H2,1-3H3. The lowest BCUT2D eigenvalue weighted by atomic mass is 10.2. The zero-order valence-corrected chi connectivity index (χ0v) is 11.7. The van der Waals surface area contributed by atoms with Gasteiger partial charge in [0, 0.05) is 0 Å². The van der Waals surface area contributed by atoms with Gasteiger partial charge in [-0.05, 0) is 26.0 Å². The molecule has 2 aromatic rings. The Labute approximate surface area is 116 Å². The van der Waals surface area contributed by atoms with Crippen molar-refractivity contribution < 1.29 is 9.57 Å². The first-order chi connectivity index (χ1) is 9.69. The van der Waals surface area contributed by atoms with Gasteiger partial charge in [0.25, 0.3) is 5.56 Å². The molecule has 2 rings (SSSR count). The number of benzene rings is 1. The fraction of sp³-hybridized carbons (Fsp3) is 0.286. The number of oxime groups is 1. The van der Waals surface area contributed by atoms with Gasteiger partial charge in [-0.25, -0.2) is 4.68 Å². The minimum Gasteiger partial charge on any atom is -0.478 e. The van der Waals surface area contributed by atoms with Crippen molar-refractivity contribution in [3.05, 3.63) is 46.2 Å². The molecule has 1 aromatic carbocycles. The monoisotopic (exact) mass is 275 g/mol. The van der Waals surface area contributed by atoms with Crippen molar-refractivity contribution in [2.24, 2.45) is 5.16 Å². The summed E-state index contributed by atoms with van der Waals surface area (Å²) in [4.78, 5) is 17.2. The maximum absolute atomic E-state index is 12.5. The third-order valence-electron chi connectivity index (χ3n) is 2.75. The Hall–Kier alpha value is -2.50. The lowest BCUT2D eigenvalue weighted by Crippen LogP contribution is -2.19. The van der Waals surface area contributed by atoms with E-state index < -0.39 is 0 Å². The van der Waals surface area contributed by atoms with Crippen LogP contribution in [0.2, 0.25) is 0 Å². The minimum atomic E-state index is -0.224. The van der Waals surface area contributed by atoms with E-state index in [4.69, 9.17) is 9.57 Å². The van der Waals surface area contributed by atoms with Gasteiger partial charge in [0.05, 0.1) is 18.0 Å². The number of H-pyrrole nitrogens is 1. The maximum Gasteiger partial charge on any atom is 0.284 e. The molecule has 6 heteroatoms. The first-order valence-electron chi connectivity index (χ1n) is 6.30. The van der Waals surface area contributed by atoms with Gasteiger partial charge in [-0.3, -0.25) is 9.89 Å². The third kappa shape index (κ3) is 2.59.